The third-order valence-corrected chi connectivity index (χ3v) is 2.05. The van der Waals surface area contributed by atoms with Gasteiger partial charge in [0.15, 0.2) is 11.5 Å². The van der Waals surface area contributed by atoms with Crippen LogP contribution in [0.5, 0.6) is 11.5 Å². The summed E-state index contributed by atoms with van der Waals surface area (Å²) in [5, 5.41) is 27.1. The van der Waals surface area contributed by atoms with Crippen molar-refractivity contribution in [3.63, 3.8) is 0 Å². The molecule has 16 heavy (non-hydrogen) atoms. The maximum absolute atomic E-state index is 10.7. The van der Waals surface area contributed by atoms with E-state index in [-0.39, 0.29) is 22.6 Å². The van der Waals surface area contributed by atoms with Crippen LogP contribution in [0.15, 0.2) is 12.1 Å². The van der Waals surface area contributed by atoms with Gasteiger partial charge in [0.1, 0.15) is 6.04 Å². The fraction of sp³-hybridized carbons (Fsp3) is 0.200. The third kappa shape index (κ3) is 2.04. The minimum Gasteiger partial charge on any atom is -0.504 e. The Bertz CT molecular complexity index is 465. The lowest BCUT2D eigenvalue weighted by Crippen LogP contribution is -2.21. The zero-order chi connectivity index (χ0) is 12.3. The molecule has 1 atom stereocenters. The van der Waals surface area contributed by atoms with Gasteiger partial charge >= 0.3 is 5.97 Å². The highest BCUT2D eigenvalue weighted by molar-refractivity contribution is 5.77. The monoisotopic (exact) mass is 222 g/mol. The zero-order valence-electron chi connectivity index (χ0n) is 8.47. The number of carbonyl (C=O) groups is 1. The van der Waals surface area contributed by atoms with E-state index in [1.807, 2.05) is 6.07 Å². The van der Waals surface area contributed by atoms with Gasteiger partial charge in [-0.2, -0.15) is 5.26 Å². The van der Waals surface area contributed by atoms with E-state index in [0.717, 1.165) is 0 Å². The first kappa shape index (κ1) is 11.8. The predicted molar refractivity (Wildman–Crippen MR) is 53.9 cm³/mol. The molecule has 1 aromatic rings. The van der Waals surface area contributed by atoms with Gasteiger partial charge < -0.3 is 20.7 Å². The van der Waals surface area contributed by atoms with Crippen LogP contribution in [0.4, 0.5) is 0 Å². The van der Waals surface area contributed by atoms with Gasteiger partial charge in [-0.3, -0.25) is 4.79 Å². The molecule has 0 aliphatic rings. The number of nitrogens with zero attached hydrogens (tertiary/aromatic N) is 1. The number of aliphatic carboxylic acids is 1. The molecular formula is C10H10N2O4. The second-order valence-corrected chi connectivity index (χ2v) is 3.04. The molecule has 4 N–H and O–H groups in total. The van der Waals surface area contributed by atoms with Crippen LogP contribution in [-0.4, -0.2) is 23.3 Å². The van der Waals surface area contributed by atoms with Crippen molar-refractivity contribution in [3.8, 4) is 17.6 Å². The normalized spacial score (nSPS) is 11.6. The molecule has 0 heterocycles. The molecule has 84 valence electrons. The number of aromatic hydroxyl groups is 1. The first-order chi connectivity index (χ1) is 7.51. The summed E-state index contributed by atoms with van der Waals surface area (Å²) >= 11 is 0. The lowest BCUT2D eigenvalue weighted by atomic mass is 10.0. The number of benzene rings is 1. The van der Waals surface area contributed by atoms with Gasteiger partial charge in [-0.15, -0.1) is 0 Å². The molecule has 1 aromatic carbocycles. The average molecular weight is 222 g/mol. The topological polar surface area (TPSA) is 117 Å². The number of ether oxygens (including phenoxy) is 1. The molecule has 1 unspecified atom stereocenters. The molecule has 0 fully saturated rings. The molecule has 0 saturated heterocycles. The molecule has 0 aromatic heterocycles. The molecule has 0 saturated carbocycles. The standard InChI is InChI=1S/C10H10N2O4/c1-16-7-3-5(4-11)2-6(9(7)13)8(12)10(14)15/h2-3,8,13H,12H2,1H3,(H,14,15). The Morgan fingerprint density at radius 3 is 2.69 bits per heavy atom. The molecule has 0 amide bonds. The molecule has 0 aliphatic carbocycles. The molecule has 0 spiro atoms. The van der Waals surface area contributed by atoms with Gasteiger partial charge in [0, 0.05) is 11.6 Å². The van der Waals surface area contributed by atoms with E-state index < -0.39 is 12.0 Å². The van der Waals surface area contributed by atoms with Gasteiger partial charge in [0.05, 0.1) is 18.7 Å². The third-order valence-electron chi connectivity index (χ3n) is 2.05. The van der Waals surface area contributed by atoms with Crippen LogP contribution in [0.25, 0.3) is 0 Å². The smallest absolute Gasteiger partial charge is 0.325 e. The van der Waals surface area contributed by atoms with Gasteiger partial charge in [-0.1, -0.05) is 0 Å². The van der Waals surface area contributed by atoms with Gasteiger partial charge in [-0.25, -0.2) is 0 Å². The Kier molecular flexibility index (Phi) is 3.33. The Labute approximate surface area is 91.5 Å². The molecule has 6 heteroatoms. The van der Waals surface area contributed by atoms with Crippen LogP contribution in [0, 0.1) is 11.3 Å². The average Bonchev–Trinajstić information content (AvgIpc) is 2.28. The van der Waals surface area contributed by atoms with E-state index in [1.54, 1.807) is 0 Å². The van der Waals surface area contributed by atoms with Gasteiger partial charge in [0.25, 0.3) is 0 Å². The summed E-state index contributed by atoms with van der Waals surface area (Å²) in [4.78, 5) is 10.7. The van der Waals surface area contributed by atoms with Crippen molar-refractivity contribution in [1.29, 1.82) is 5.26 Å². The summed E-state index contributed by atoms with van der Waals surface area (Å²) in [5.74, 6) is -1.64. The summed E-state index contributed by atoms with van der Waals surface area (Å²) in [5.41, 5.74) is 5.48. The van der Waals surface area contributed by atoms with Crippen molar-refractivity contribution in [1.82, 2.24) is 0 Å². The van der Waals surface area contributed by atoms with Crippen LogP contribution in [0.2, 0.25) is 0 Å². The Morgan fingerprint density at radius 2 is 2.25 bits per heavy atom. The summed E-state index contributed by atoms with van der Waals surface area (Å²) in [6.07, 6.45) is 0. The highest BCUT2D eigenvalue weighted by Gasteiger charge is 2.21. The second kappa shape index (κ2) is 4.51. The predicted octanol–water partition coefficient (Wildman–Crippen LogP) is 0.357. The molecule has 0 radical (unpaired) electrons. The summed E-state index contributed by atoms with van der Waals surface area (Å²) in [6.45, 7) is 0. The van der Waals surface area contributed by atoms with Crippen LogP contribution in [0.1, 0.15) is 17.2 Å². The van der Waals surface area contributed by atoms with Gasteiger partial charge in [-0.05, 0) is 6.07 Å². The number of nitriles is 1. The lowest BCUT2D eigenvalue weighted by Gasteiger charge is -2.12. The summed E-state index contributed by atoms with van der Waals surface area (Å²) in [6, 6.07) is 2.94. The lowest BCUT2D eigenvalue weighted by molar-refractivity contribution is -0.138. The minimum absolute atomic E-state index is 0.0192. The van der Waals surface area contributed by atoms with E-state index >= 15 is 0 Å². The largest absolute Gasteiger partial charge is 0.504 e. The number of rotatable bonds is 3. The van der Waals surface area contributed by atoms with E-state index in [0.29, 0.717) is 0 Å². The van der Waals surface area contributed by atoms with Crippen molar-refractivity contribution in [2.24, 2.45) is 5.73 Å². The number of hydrogen-bond acceptors (Lipinski definition) is 5. The fourth-order valence-corrected chi connectivity index (χ4v) is 1.22. The maximum atomic E-state index is 10.7. The van der Waals surface area contributed by atoms with Crippen LogP contribution >= 0.6 is 0 Å². The maximum Gasteiger partial charge on any atom is 0.325 e. The van der Waals surface area contributed by atoms with Crippen LogP contribution in [0.3, 0.4) is 0 Å². The number of methoxy groups -OCH3 is 1. The minimum atomic E-state index is -1.40. The van der Waals surface area contributed by atoms with E-state index in [4.69, 9.17) is 20.8 Å². The van der Waals surface area contributed by atoms with Crippen molar-refractivity contribution in [2.75, 3.05) is 7.11 Å². The number of carboxylic acids is 1. The van der Waals surface area contributed by atoms with Crippen molar-refractivity contribution in [2.45, 2.75) is 6.04 Å². The summed E-state index contributed by atoms with van der Waals surface area (Å²) < 4.78 is 4.81. The molecule has 0 bridgehead atoms. The Balaban J connectivity index is 3.38. The van der Waals surface area contributed by atoms with Crippen LogP contribution < -0.4 is 10.5 Å². The first-order valence-electron chi connectivity index (χ1n) is 4.30. The molecule has 0 aliphatic heterocycles. The fourth-order valence-electron chi connectivity index (χ4n) is 1.22. The van der Waals surface area contributed by atoms with Crippen molar-refractivity contribution in [3.05, 3.63) is 23.3 Å². The number of phenols is 1. The Morgan fingerprint density at radius 1 is 1.62 bits per heavy atom. The number of carboxylic acid groups (broad SMARTS) is 1. The van der Waals surface area contributed by atoms with E-state index in [1.165, 1.54) is 19.2 Å². The SMILES string of the molecule is COc1cc(C#N)cc(C(N)C(=O)O)c1O. The highest BCUT2D eigenvalue weighted by Crippen LogP contribution is 2.34. The van der Waals surface area contributed by atoms with Crippen LogP contribution in [-0.2, 0) is 4.79 Å². The molecule has 6 nitrogen and oxygen atoms in total. The molecular weight excluding hydrogens is 212 g/mol. The first-order valence-corrected chi connectivity index (χ1v) is 4.30. The summed E-state index contributed by atoms with van der Waals surface area (Å²) in [7, 11) is 1.30. The van der Waals surface area contributed by atoms with E-state index in [9.17, 15) is 9.90 Å². The highest BCUT2D eigenvalue weighted by atomic mass is 16.5. The Hall–Kier alpha value is -2.26. The van der Waals surface area contributed by atoms with E-state index in [2.05, 4.69) is 0 Å². The molecule has 1 rings (SSSR count). The number of phenolic OH excluding ortho intramolecular Hbond substituents is 1. The second-order valence-electron chi connectivity index (χ2n) is 3.04. The number of nitrogens with two attached hydrogens (primary N) is 1. The number of hydrogen-bond donors (Lipinski definition) is 3. The van der Waals surface area contributed by atoms with Crippen molar-refractivity contribution < 1.29 is 19.7 Å². The van der Waals surface area contributed by atoms with Crippen molar-refractivity contribution >= 4 is 5.97 Å². The van der Waals surface area contributed by atoms with Gasteiger partial charge in [0.2, 0.25) is 0 Å². The zero-order valence-corrected chi connectivity index (χ0v) is 8.47. The quantitative estimate of drug-likeness (QED) is 0.679.